The van der Waals surface area contributed by atoms with E-state index in [1.54, 1.807) is 0 Å². The normalized spacial score (nSPS) is 12.6. The number of anilines is 6. The molecule has 16 rings (SSSR count). The maximum absolute atomic E-state index is 2.48. The van der Waals surface area contributed by atoms with Crippen LogP contribution in [0.5, 0.6) is 0 Å². The molecule has 0 saturated heterocycles. The minimum absolute atomic E-state index is 0.0000170. The molecular weight excluding hydrogens is 1330 g/mol. The van der Waals surface area contributed by atoms with Crippen molar-refractivity contribution >= 4 is 88.5 Å². The zero-order valence-electron chi connectivity index (χ0n) is 67.2. The van der Waals surface area contributed by atoms with Crippen LogP contribution in [0.25, 0.3) is 110 Å². The van der Waals surface area contributed by atoms with E-state index in [4.69, 9.17) is 0 Å². The molecule has 0 unspecified atom stereocenters. The summed E-state index contributed by atoms with van der Waals surface area (Å²) in [5, 5.41) is 7.27. The van der Waals surface area contributed by atoms with E-state index >= 15 is 0 Å². The average molecular weight is 1430 g/mol. The van der Waals surface area contributed by atoms with Gasteiger partial charge >= 0.3 is 0 Å². The third-order valence-electron chi connectivity index (χ3n) is 22.8. The molecule has 14 aromatic carbocycles. The van der Waals surface area contributed by atoms with Crippen molar-refractivity contribution in [3.8, 4) is 55.9 Å². The van der Waals surface area contributed by atoms with Gasteiger partial charge in [-0.25, -0.2) is 0 Å². The summed E-state index contributed by atoms with van der Waals surface area (Å²) in [6.45, 7) is 37.2. The molecule has 0 aliphatic carbocycles. The van der Waals surface area contributed by atoms with E-state index in [-0.39, 0.29) is 32.5 Å². The molecule has 0 saturated carbocycles. The maximum atomic E-state index is 2.48. The lowest BCUT2D eigenvalue weighted by molar-refractivity contribution is 0.283. The summed E-state index contributed by atoms with van der Waals surface area (Å²) >= 11 is 0. The van der Waals surface area contributed by atoms with Crippen LogP contribution >= 0.6 is 0 Å². The Morgan fingerprint density at radius 1 is 0.218 bits per heavy atom. The van der Waals surface area contributed by atoms with Crippen LogP contribution in [-0.4, -0.2) is 9.13 Å². The Labute approximate surface area is 653 Å². The molecule has 0 N–H and O–H groups in total. The maximum Gasteiger partial charge on any atom is 0.0562 e. The molecule has 4 heteroatoms. The first-order valence-corrected chi connectivity index (χ1v) is 39.5. The van der Waals surface area contributed by atoms with Crippen molar-refractivity contribution in [3.63, 3.8) is 0 Å². The first kappa shape index (κ1) is 72.7. The van der Waals surface area contributed by atoms with E-state index in [2.05, 4.69) is 445 Å². The van der Waals surface area contributed by atoms with Crippen LogP contribution in [0.15, 0.2) is 315 Å². The van der Waals surface area contributed by atoms with Gasteiger partial charge in [0.05, 0.1) is 22.1 Å². The fraction of sp³-hybridized carbons (Fsp3) is 0.226. The van der Waals surface area contributed by atoms with Gasteiger partial charge < -0.3 is 18.9 Å². The Kier molecular flexibility index (Phi) is 18.4. The van der Waals surface area contributed by atoms with Crippen molar-refractivity contribution in [2.24, 2.45) is 10.8 Å². The third-order valence-corrected chi connectivity index (χ3v) is 22.8. The fourth-order valence-corrected chi connectivity index (χ4v) is 17.9. The van der Waals surface area contributed by atoms with Crippen molar-refractivity contribution in [1.29, 1.82) is 0 Å². The number of hydrogen-bond acceptors (Lipinski definition) is 2. The molecule has 548 valence electrons. The molecule has 2 aromatic heterocycles. The van der Waals surface area contributed by atoms with Gasteiger partial charge in [-0.1, -0.05) is 317 Å². The van der Waals surface area contributed by atoms with Gasteiger partial charge in [0.1, 0.15) is 0 Å². The van der Waals surface area contributed by atoms with E-state index in [0.29, 0.717) is 0 Å². The minimum atomic E-state index is -0.0000170. The highest BCUT2D eigenvalue weighted by Gasteiger charge is 2.30. The van der Waals surface area contributed by atoms with Crippen molar-refractivity contribution < 1.29 is 0 Å². The third kappa shape index (κ3) is 14.3. The van der Waals surface area contributed by atoms with Gasteiger partial charge in [0, 0.05) is 67.0 Å². The number of nitrogens with zero attached hydrogens (tertiary/aromatic N) is 4. The summed E-state index contributed by atoms with van der Waals surface area (Å²) in [6.07, 6.45) is 2.24. The number of para-hydroxylation sites is 2. The van der Waals surface area contributed by atoms with Crippen molar-refractivity contribution in [2.45, 2.75) is 145 Å². The first-order valence-electron chi connectivity index (χ1n) is 39.5. The lowest BCUT2D eigenvalue weighted by atomic mass is 9.72. The van der Waals surface area contributed by atoms with Gasteiger partial charge in [-0.05, 0) is 232 Å². The molecule has 4 nitrogen and oxygen atoms in total. The van der Waals surface area contributed by atoms with Crippen molar-refractivity contribution in [2.75, 3.05) is 9.80 Å². The molecule has 0 spiro atoms. The second-order valence-corrected chi connectivity index (χ2v) is 36.7. The van der Waals surface area contributed by atoms with E-state index in [9.17, 15) is 0 Å². The Hall–Kier alpha value is -11.5. The van der Waals surface area contributed by atoms with Gasteiger partial charge in [-0.2, -0.15) is 0 Å². The summed E-state index contributed by atoms with van der Waals surface area (Å²) in [5.74, 6) is 0. The summed E-state index contributed by atoms with van der Waals surface area (Å²) < 4.78 is 4.96. The summed E-state index contributed by atoms with van der Waals surface area (Å²) in [4.78, 5) is 4.86. The van der Waals surface area contributed by atoms with Gasteiger partial charge in [-0.15, -0.1) is 0 Å². The van der Waals surface area contributed by atoms with Crippen LogP contribution in [0.1, 0.15) is 146 Å². The van der Waals surface area contributed by atoms with E-state index in [1.807, 2.05) is 0 Å². The Balaban J connectivity index is 0.784. The second kappa shape index (κ2) is 27.9. The first-order chi connectivity index (χ1) is 52.5. The van der Waals surface area contributed by atoms with E-state index in [1.165, 1.54) is 99.1 Å². The quantitative estimate of drug-likeness (QED) is 0.0959. The highest BCUT2D eigenvalue weighted by molar-refractivity contribution is 6.30. The largest absolute Gasteiger partial charge is 0.310 e. The predicted octanol–water partition coefficient (Wildman–Crippen LogP) is 30.7. The number of rotatable bonds is 16. The number of benzene rings is 14. The predicted molar refractivity (Wildman–Crippen MR) is 475 cm³/mol. The van der Waals surface area contributed by atoms with Crippen LogP contribution in [0.3, 0.4) is 0 Å². The standard InChI is InChI=1S/C106H104N4/c1-101(2,3)69-105(13,14)81-43-35-75(36-44-81)71-27-31-73(32-28-71)77-39-51-85(52-40-77)107(87-55-47-79(48-56-87)103(7,8)9)89-59-61-93-97(67-89)109(83-23-19-17-20-24-83)95-65-63-92-91(99(93)95)64-66-96-100(92)94-62-60-90(68-98(94)110(96)84-25-21-18-22-26-84)108(88-57-49-80(50-58-88)104(10,11)12)86-53-41-78(42-54-86)74-33-29-72(30-34-74)76-37-45-82(46-38-76)106(15,16)70-102(4,5)6/h17-68H,69-70H2,1-16H3. The molecule has 2 heterocycles. The van der Waals surface area contributed by atoms with Gasteiger partial charge in [-0.3, -0.25) is 0 Å². The van der Waals surface area contributed by atoms with Gasteiger partial charge in [0.15, 0.2) is 0 Å². The second-order valence-electron chi connectivity index (χ2n) is 36.7. The molecule has 0 aliphatic rings. The SMILES string of the molecule is CC(C)(C)CC(C)(C)c1ccc(-c2ccc(-c3ccc(N(c4ccc(C(C)(C)C)cc4)c4ccc5c6c7ccc8c(c7ccc6n(-c6ccccc6)c5c4)c4ccc(N(c5ccc(-c6ccc(-c7ccc(C(C)(C)CC(C)(C)C)cc7)cc6)cc5)c5ccc(C(C)(C)C)cc5)cc4n8-c4ccccc4)cc3)cc2)cc1. The van der Waals surface area contributed by atoms with Crippen molar-refractivity contribution in [1.82, 2.24) is 9.13 Å². The van der Waals surface area contributed by atoms with Crippen molar-refractivity contribution in [3.05, 3.63) is 338 Å². The molecule has 0 aliphatic heterocycles. The van der Waals surface area contributed by atoms with Gasteiger partial charge in [0.2, 0.25) is 0 Å². The minimum Gasteiger partial charge on any atom is -0.310 e. The number of fused-ring (bicyclic) bond motifs is 9. The van der Waals surface area contributed by atoms with E-state index < -0.39 is 0 Å². The zero-order chi connectivity index (χ0) is 76.8. The molecule has 0 amide bonds. The topological polar surface area (TPSA) is 16.3 Å². The van der Waals surface area contributed by atoms with Crippen LogP contribution in [0.4, 0.5) is 34.1 Å². The Morgan fingerprint density at radius 3 is 0.727 bits per heavy atom. The molecule has 0 bridgehead atoms. The lowest BCUT2D eigenvalue weighted by Gasteiger charge is -2.33. The molecule has 16 aromatic rings. The fourth-order valence-electron chi connectivity index (χ4n) is 17.9. The van der Waals surface area contributed by atoms with Gasteiger partial charge in [0.25, 0.3) is 0 Å². The van der Waals surface area contributed by atoms with Crippen LogP contribution in [-0.2, 0) is 21.7 Å². The molecular formula is C106H104N4. The van der Waals surface area contributed by atoms with Crippen LogP contribution in [0, 0.1) is 10.8 Å². The number of aromatic nitrogens is 2. The Bertz CT molecular complexity index is 5630. The highest BCUT2D eigenvalue weighted by atomic mass is 15.2. The highest BCUT2D eigenvalue weighted by Crippen LogP contribution is 2.49. The van der Waals surface area contributed by atoms with Crippen LogP contribution in [0.2, 0.25) is 0 Å². The smallest absolute Gasteiger partial charge is 0.0562 e. The average Bonchev–Trinajstić information content (AvgIpc) is 1.55. The van der Waals surface area contributed by atoms with Crippen LogP contribution < -0.4 is 9.80 Å². The van der Waals surface area contributed by atoms with E-state index in [0.717, 1.165) is 80.4 Å². The molecule has 110 heavy (non-hydrogen) atoms. The molecule has 0 fully saturated rings. The Morgan fingerprint density at radius 2 is 0.455 bits per heavy atom. The summed E-state index contributed by atoms with van der Waals surface area (Å²) in [5.41, 5.74) is 29.0. The summed E-state index contributed by atoms with van der Waals surface area (Å²) in [6, 6.07) is 119. The molecule has 0 radical (unpaired) electrons. The summed E-state index contributed by atoms with van der Waals surface area (Å²) in [7, 11) is 0. The zero-order valence-corrected chi connectivity index (χ0v) is 67.2. The number of hydrogen-bond donors (Lipinski definition) is 0. The monoisotopic (exact) mass is 1430 g/mol. The lowest BCUT2D eigenvalue weighted by Crippen LogP contribution is -2.24. The molecule has 0 atom stereocenters.